The van der Waals surface area contributed by atoms with Crippen molar-refractivity contribution < 1.29 is 8.42 Å². The van der Waals surface area contributed by atoms with Gasteiger partial charge in [0, 0.05) is 30.5 Å². The third-order valence-corrected chi connectivity index (χ3v) is 4.69. The van der Waals surface area contributed by atoms with Gasteiger partial charge in [0.1, 0.15) is 5.82 Å². The molecule has 7 nitrogen and oxygen atoms in total. The quantitative estimate of drug-likeness (QED) is 0.632. The van der Waals surface area contributed by atoms with Crippen LogP contribution >= 0.6 is 0 Å². The molecule has 0 bridgehead atoms. The monoisotopic (exact) mass is 349 g/mol. The molecule has 0 amide bonds. The normalized spacial score (nSPS) is 11.3. The summed E-state index contributed by atoms with van der Waals surface area (Å²) in [6.07, 6.45) is 0. The van der Waals surface area contributed by atoms with Crippen molar-refractivity contribution in [3.8, 4) is 0 Å². The first-order chi connectivity index (χ1) is 11.4. The van der Waals surface area contributed by atoms with Crippen molar-refractivity contribution >= 4 is 27.5 Å². The van der Waals surface area contributed by atoms with Crippen LogP contribution in [0.15, 0.2) is 30.3 Å². The van der Waals surface area contributed by atoms with E-state index in [1.165, 1.54) is 5.56 Å². The van der Waals surface area contributed by atoms with Crippen molar-refractivity contribution in [2.45, 2.75) is 20.8 Å². The molecule has 0 aliphatic carbocycles. The molecule has 0 fully saturated rings. The number of hydrogen-bond donors (Lipinski definition) is 3. The molecule has 0 aliphatic heterocycles. The first-order valence-corrected chi connectivity index (χ1v) is 9.44. The van der Waals surface area contributed by atoms with Gasteiger partial charge in [-0.05, 0) is 32.9 Å². The Hall–Kier alpha value is -2.19. The number of hydrogen-bond acceptors (Lipinski definition) is 6. The third-order valence-electron chi connectivity index (χ3n) is 3.29. The molecular weight excluding hydrogens is 326 g/mol. The van der Waals surface area contributed by atoms with Crippen LogP contribution in [0, 0.1) is 13.8 Å². The topological polar surface area (TPSA) is 96.0 Å². The molecule has 3 N–H and O–H groups in total. The molecule has 0 aliphatic rings. The van der Waals surface area contributed by atoms with Crippen LogP contribution in [0.25, 0.3) is 0 Å². The van der Waals surface area contributed by atoms with E-state index in [1.807, 2.05) is 44.2 Å². The summed E-state index contributed by atoms with van der Waals surface area (Å²) in [5.41, 5.74) is 2.95. The molecule has 0 unspecified atom stereocenters. The zero-order valence-corrected chi connectivity index (χ0v) is 14.9. The number of anilines is 3. The number of aryl methyl sites for hydroxylation is 2. The van der Waals surface area contributed by atoms with Gasteiger partial charge in [0.2, 0.25) is 16.0 Å². The average Bonchev–Trinajstić information content (AvgIpc) is 2.53. The molecule has 8 heteroatoms. The summed E-state index contributed by atoms with van der Waals surface area (Å²) in [6.45, 7) is 6.21. The Bertz CT molecular complexity index is 776. The van der Waals surface area contributed by atoms with Crippen LogP contribution in [0.2, 0.25) is 0 Å². The van der Waals surface area contributed by atoms with E-state index in [-0.39, 0.29) is 12.3 Å². The minimum absolute atomic E-state index is 0.0680. The molecule has 2 rings (SSSR count). The van der Waals surface area contributed by atoms with Crippen molar-refractivity contribution in [2.75, 3.05) is 29.5 Å². The second-order valence-electron chi connectivity index (χ2n) is 5.43. The molecule has 1 aromatic carbocycles. The predicted octanol–water partition coefficient (Wildman–Crippen LogP) is 2.19. The molecule has 2 aromatic rings. The maximum atomic E-state index is 11.4. The Kier molecular flexibility index (Phi) is 6.10. The van der Waals surface area contributed by atoms with Crippen molar-refractivity contribution in [2.24, 2.45) is 0 Å². The first-order valence-electron chi connectivity index (χ1n) is 7.78. The van der Waals surface area contributed by atoms with E-state index in [1.54, 1.807) is 6.92 Å². The fourth-order valence-electron chi connectivity index (χ4n) is 1.98. The van der Waals surface area contributed by atoms with Gasteiger partial charge in [-0.2, -0.15) is 4.98 Å². The summed E-state index contributed by atoms with van der Waals surface area (Å²) in [7, 11) is -3.18. The molecule has 0 spiro atoms. The summed E-state index contributed by atoms with van der Waals surface area (Å²) in [5.74, 6) is 1.21. The number of aromatic nitrogens is 2. The summed E-state index contributed by atoms with van der Waals surface area (Å²) >= 11 is 0. The van der Waals surface area contributed by atoms with Crippen molar-refractivity contribution in [3.63, 3.8) is 0 Å². The molecule has 0 radical (unpaired) electrons. The Labute approximate surface area is 143 Å². The van der Waals surface area contributed by atoms with Gasteiger partial charge in [0.15, 0.2) is 0 Å². The number of nitrogens with zero attached hydrogens (tertiary/aromatic N) is 2. The molecule has 130 valence electrons. The fraction of sp³-hybridized carbons (Fsp3) is 0.375. The van der Waals surface area contributed by atoms with E-state index < -0.39 is 10.0 Å². The lowest BCUT2D eigenvalue weighted by Gasteiger charge is -2.10. The van der Waals surface area contributed by atoms with Crippen LogP contribution in [0.4, 0.5) is 17.5 Å². The summed E-state index contributed by atoms with van der Waals surface area (Å²) < 4.78 is 25.2. The van der Waals surface area contributed by atoms with Crippen LogP contribution in [0.1, 0.15) is 18.2 Å². The zero-order valence-electron chi connectivity index (χ0n) is 14.1. The maximum absolute atomic E-state index is 11.4. The van der Waals surface area contributed by atoms with Gasteiger partial charge in [-0.15, -0.1) is 0 Å². The smallest absolute Gasteiger partial charge is 0.224 e. The van der Waals surface area contributed by atoms with E-state index in [4.69, 9.17) is 0 Å². The minimum atomic E-state index is -3.18. The van der Waals surface area contributed by atoms with Crippen LogP contribution in [0.5, 0.6) is 0 Å². The van der Waals surface area contributed by atoms with Gasteiger partial charge in [-0.1, -0.05) is 17.7 Å². The van der Waals surface area contributed by atoms with Crippen LogP contribution < -0.4 is 15.4 Å². The van der Waals surface area contributed by atoms with Gasteiger partial charge in [-0.25, -0.2) is 18.1 Å². The van der Waals surface area contributed by atoms with E-state index in [9.17, 15) is 8.42 Å². The molecule has 0 saturated heterocycles. The van der Waals surface area contributed by atoms with Gasteiger partial charge in [-0.3, -0.25) is 0 Å². The van der Waals surface area contributed by atoms with Crippen molar-refractivity contribution in [3.05, 3.63) is 41.6 Å². The molecular formula is C16H23N5O2S. The van der Waals surface area contributed by atoms with Crippen molar-refractivity contribution in [1.29, 1.82) is 0 Å². The lowest BCUT2D eigenvalue weighted by molar-refractivity contribution is 0.584. The van der Waals surface area contributed by atoms with E-state index in [0.29, 0.717) is 18.3 Å². The van der Waals surface area contributed by atoms with Crippen LogP contribution in [0.3, 0.4) is 0 Å². The lowest BCUT2D eigenvalue weighted by Crippen LogP contribution is -2.30. The summed E-state index contributed by atoms with van der Waals surface area (Å²) in [5, 5.41) is 6.26. The van der Waals surface area contributed by atoms with Crippen LogP contribution in [-0.4, -0.2) is 37.2 Å². The third kappa shape index (κ3) is 5.78. The van der Waals surface area contributed by atoms with Crippen molar-refractivity contribution in [1.82, 2.24) is 14.7 Å². The Morgan fingerprint density at radius 2 is 1.75 bits per heavy atom. The second kappa shape index (κ2) is 8.07. The molecule has 1 heterocycles. The number of rotatable bonds is 8. The SMILES string of the molecule is CCS(=O)(=O)NCCNc1nc(C)cc(Nc2ccc(C)cc2)n1. The highest BCUT2D eigenvalue weighted by atomic mass is 32.2. The second-order valence-corrected chi connectivity index (χ2v) is 7.53. The first kappa shape index (κ1) is 18.2. The van der Waals surface area contributed by atoms with E-state index in [0.717, 1.165) is 11.4 Å². The standard InChI is InChI=1S/C16H23N5O2S/c1-4-24(22,23)18-10-9-17-16-19-13(3)11-15(21-16)20-14-7-5-12(2)6-8-14/h5-8,11,18H,4,9-10H2,1-3H3,(H2,17,19,20,21). The zero-order chi connectivity index (χ0) is 17.6. The Balaban J connectivity index is 1.96. The van der Waals surface area contributed by atoms with Gasteiger partial charge in [0.25, 0.3) is 0 Å². The van der Waals surface area contributed by atoms with Gasteiger partial charge < -0.3 is 10.6 Å². The summed E-state index contributed by atoms with van der Waals surface area (Å²) in [6, 6.07) is 9.87. The van der Waals surface area contributed by atoms with E-state index in [2.05, 4.69) is 25.3 Å². The van der Waals surface area contributed by atoms with Gasteiger partial charge in [0.05, 0.1) is 5.75 Å². The highest BCUT2D eigenvalue weighted by Crippen LogP contribution is 2.17. The largest absolute Gasteiger partial charge is 0.353 e. The Morgan fingerprint density at radius 1 is 1.04 bits per heavy atom. The van der Waals surface area contributed by atoms with Gasteiger partial charge >= 0.3 is 0 Å². The van der Waals surface area contributed by atoms with E-state index >= 15 is 0 Å². The number of benzene rings is 1. The molecule has 1 aromatic heterocycles. The highest BCUT2D eigenvalue weighted by molar-refractivity contribution is 7.89. The molecule has 0 atom stereocenters. The highest BCUT2D eigenvalue weighted by Gasteiger charge is 2.06. The lowest BCUT2D eigenvalue weighted by atomic mass is 10.2. The predicted molar refractivity (Wildman–Crippen MR) is 97.2 cm³/mol. The Morgan fingerprint density at radius 3 is 2.42 bits per heavy atom. The minimum Gasteiger partial charge on any atom is -0.353 e. The number of nitrogens with one attached hydrogen (secondary N) is 3. The maximum Gasteiger partial charge on any atom is 0.224 e. The molecule has 24 heavy (non-hydrogen) atoms. The number of sulfonamides is 1. The average molecular weight is 349 g/mol. The molecule has 0 saturated carbocycles. The fourth-order valence-corrected chi connectivity index (χ4v) is 2.60. The summed E-state index contributed by atoms with van der Waals surface area (Å²) in [4.78, 5) is 8.70. The van der Waals surface area contributed by atoms with Crippen LogP contribution in [-0.2, 0) is 10.0 Å².